The van der Waals surface area contributed by atoms with Gasteiger partial charge in [-0.3, -0.25) is 0 Å². The summed E-state index contributed by atoms with van der Waals surface area (Å²) >= 11 is 0. The van der Waals surface area contributed by atoms with E-state index in [4.69, 9.17) is 5.73 Å². The molecule has 0 radical (unpaired) electrons. The van der Waals surface area contributed by atoms with Gasteiger partial charge in [0, 0.05) is 24.8 Å². The second-order valence-corrected chi connectivity index (χ2v) is 7.13. The first-order valence-electron chi connectivity index (χ1n) is 5.92. The standard InChI is InChI=1S/C11H22N4O2S/c1-9(2)5-15-6-10(13-8-15)18(16,17)14-11(3,4)7-12/h6,8-9,14H,5,7,12H2,1-4H3. The van der Waals surface area contributed by atoms with Gasteiger partial charge in [-0.15, -0.1) is 0 Å². The SMILES string of the molecule is CC(C)Cn1cnc(S(=O)(=O)NC(C)(C)CN)c1. The Morgan fingerprint density at radius 1 is 1.50 bits per heavy atom. The van der Waals surface area contributed by atoms with Crippen molar-refractivity contribution < 1.29 is 8.42 Å². The van der Waals surface area contributed by atoms with Crippen molar-refractivity contribution in [3.8, 4) is 0 Å². The third-order valence-corrected chi connectivity index (χ3v) is 3.96. The van der Waals surface area contributed by atoms with Gasteiger partial charge in [-0.2, -0.15) is 0 Å². The maximum atomic E-state index is 12.1. The quantitative estimate of drug-likeness (QED) is 0.793. The molecule has 1 heterocycles. The number of sulfonamides is 1. The van der Waals surface area contributed by atoms with Crippen molar-refractivity contribution in [2.75, 3.05) is 6.54 Å². The van der Waals surface area contributed by atoms with Crippen molar-refractivity contribution in [2.24, 2.45) is 11.7 Å². The summed E-state index contributed by atoms with van der Waals surface area (Å²) < 4.78 is 28.4. The monoisotopic (exact) mass is 274 g/mol. The molecule has 0 atom stereocenters. The van der Waals surface area contributed by atoms with Gasteiger partial charge in [-0.1, -0.05) is 13.8 Å². The Hall–Kier alpha value is -0.920. The maximum absolute atomic E-state index is 12.1. The van der Waals surface area contributed by atoms with Crippen molar-refractivity contribution in [3.63, 3.8) is 0 Å². The van der Waals surface area contributed by atoms with E-state index in [1.54, 1.807) is 18.4 Å². The third kappa shape index (κ3) is 4.08. The number of hydrogen-bond acceptors (Lipinski definition) is 4. The van der Waals surface area contributed by atoms with E-state index in [1.165, 1.54) is 12.5 Å². The lowest BCUT2D eigenvalue weighted by Gasteiger charge is -2.22. The van der Waals surface area contributed by atoms with E-state index in [1.807, 2.05) is 0 Å². The molecule has 7 heteroatoms. The van der Waals surface area contributed by atoms with Gasteiger partial charge in [-0.25, -0.2) is 18.1 Å². The van der Waals surface area contributed by atoms with Crippen molar-refractivity contribution >= 4 is 10.0 Å². The number of aromatic nitrogens is 2. The van der Waals surface area contributed by atoms with E-state index in [2.05, 4.69) is 23.6 Å². The molecule has 18 heavy (non-hydrogen) atoms. The molecule has 0 aliphatic heterocycles. The Morgan fingerprint density at radius 2 is 2.11 bits per heavy atom. The van der Waals surface area contributed by atoms with E-state index < -0.39 is 15.6 Å². The molecule has 0 amide bonds. The molecule has 0 bridgehead atoms. The van der Waals surface area contributed by atoms with E-state index in [0.717, 1.165) is 6.54 Å². The van der Waals surface area contributed by atoms with Gasteiger partial charge >= 0.3 is 0 Å². The molecule has 1 rings (SSSR count). The number of nitrogens with two attached hydrogens (primary N) is 1. The Balaban J connectivity index is 2.89. The number of imidazole rings is 1. The lowest BCUT2D eigenvalue weighted by Crippen LogP contribution is -2.48. The molecule has 0 unspecified atom stereocenters. The van der Waals surface area contributed by atoms with Gasteiger partial charge < -0.3 is 10.3 Å². The Kier molecular flexibility index (Phi) is 4.52. The first kappa shape index (κ1) is 15.1. The van der Waals surface area contributed by atoms with Gasteiger partial charge in [0.2, 0.25) is 0 Å². The zero-order chi connectivity index (χ0) is 14.0. The molecule has 0 aliphatic carbocycles. The normalized spacial score (nSPS) is 13.2. The van der Waals surface area contributed by atoms with E-state index in [-0.39, 0.29) is 11.6 Å². The Labute approximate surface area is 109 Å². The minimum absolute atomic E-state index is 0.0321. The van der Waals surface area contributed by atoms with Crippen LogP contribution in [0, 0.1) is 5.92 Å². The molecule has 104 valence electrons. The summed E-state index contributed by atoms with van der Waals surface area (Å²) in [6.07, 6.45) is 3.07. The average molecular weight is 274 g/mol. The fraction of sp³-hybridized carbons (Fsp3) is 0.727. The summed E-state index contributed by atoms with van der Waals surface area (Å²) in [5.41, 5.74) is 4.83. The van der Waals surface area contributed by atoms with Gasteiger partial charge in [-0.05, 0) is 19.8 Å². The van der Waals surface area contributed by atoms with Crippen LogP contribution in [0.15, 0.2) is 17.6 Å². The van der Waals surface area contributed by atoms with Gasteiger partial charge in [0.25, 0.3) is 10.0 Å². The van der Waals surface area contributed by atoms with E-state index in [9.17, 15) is 8.42 Å². The van der Waals surface area contributed by atoms with Crippen LogP contribution in [0.3, 0.4) is 0 Å². The third-order valence-electron chi connectivity index (χ3n) is 2.38. The topological polar surface area (TPSA) is 90.0 Å². The van der Waals surface area contributed by atoms with E-state index in [0.29, 0.717) is 5.92 Å². The first-order chi connectivity index (χ1) is 8.16. The largest absolute Gasteiger partial charge is 0.336 e. The van der Waals surface area contributed by atoms with Crippen molar-refractivity contribution in [1.82, 2.24) is 14.3 Å². The van der Waals surface area contributed by atoms with Crippen LogP contribution >= 0.6 is 0 Å². The van der Waals surface area contributed by atoms with E-state index >= 15 is 0 Å². The summed E-state index contributed by atoms with van der Waals surface area (Å²) in [6.45, 7) is 8.54. The van der Waals surface area contributed by atoms with Crippen LogP contribution in [0.5, 0.6) is 0 Å². The minimum Gasteiger partial charge on any atom is -0.336 e. The number of nitrogens with one attached hydrogen (secondary N) is 1. The first-order valence-corrected chi connectivity index (χ1v) is 7.40. The van der Waals surface area contributed by atoms with Crippen LogP contribution in [0.25, 0.3) is 0 Å². The molecule has 0 saturated heterocycles. The summed E-state index contributed by atoms with van der Waals surface area (Å²) in [5, 5.41) is 0.0321. The highest BCUT2D eigenvalue weighted by Crippen LogP contribution is 2.11. The lowest BCUT2D eigenvalue weighted by atomic mass is 10.1. The molecule has 0 aromatic carbocycles. The average Bonchev–Trinajstić information content (AvgIpc) is 2.64. The second-order valence-electron chi connectivity index (χ2n) is 5.50. The molecular weight excluding hydrogens is 252 g/mol. The van der Waals surface area contributed by atoms with Crippen LogP contribution in [-0.2, 0) is 16.6 Å². The molecule has 0 fully saturated rings. The molecule has 0 spiro atoms. The zero-order valence-corrected chi connectivity index (χ0v) is 12.2. The molecule has 6 nitrogen and oxygen atoms in total. The predicted molar refractivity (Wildman–Crippen MR) is 70.5 cm³/mol. The van der Waals surface area contributed by atoms with Crippen LogP contribution in [-0.4, -0.2) is 30.1 Å². The summed E-state index contributed by atoms with van der Waals surface area (Å²) in [4.78, 5) is 3.93. The number of rotatable bonds is 6. The van der Waals surface area contributed by atoms with Crippen LogP contribution in [0.1, 0.15) is 27.7 Å². The van der Waals surface area contributed by atoms with Crippen LogP contribution < -0.4 is 10.5 Å². The van der Waals surface area contributed by atoms with Gasteiger partial charge in [0.1, 0.15) is 0 Å². The highest BCUT2D eigenvalue weighted by molar-refractivity contribution is 7.89. The van der Waals surface area contributed by atoms with Crippen LogP contribution in [0.4, 0.5) is 0 Å². The summed E-state index contributed by atoms with van der Waals surface area (Å²) in [7, 11) is -3.61. The molecule has 1 aromatic rings. The van der Waals surface area contributed by atoms with Crippen molar-refractivity contribution in [2.45, 2.75) is 44.8 Å². The second kappa shape index (κ2) is 5.38. The van der Waals surface area contributed by atoms with Crippen molar-refractivity contribution in [1.29, 1.82) is 0 Å². The van der Waals surface area contributed by atoms with Crippen molar-refractivity contribution in [3.05, 3.63) is 12.5 Å². The Morgan fingerprint density at radius 3 is 2.61 bits per heavy atom. The zero-order valence-electron chi connectivity index (χ0n) is 11.3. The number of nitrogens with zero attached hydrogens (tertiary/aromatic N) is 2. The lowest BCUT2D eigenvalue weighted by molar-refractivity contribution is 0.461. The summed E-state index contributed by atoms with van der Waals surface area (Å²) in [6, 6.07) is 0. The molecule has 0 saturated carbocycles. The highest BCUT2D eigenvalue weighted by atomic mass is 32.2. The highest BCUT2D eigenvalue weighted by Gasteiger charge is 2.26. The maximum Gasteiger partial charge on any atom is 0.260 e. The molecule has 0 aliphatic rings. The fourth-order valence-electron chi connectivity index (χ4n) is 1.46. The van der Waals surface area contributed by atoms with Gasteiger partial charge in [0.15, 0.2) is 5.03 Å². The minimum atomic E-state index is -3.61. The molecule has 3 N–H and O–H groups in total. The predicted octanol–water partition coefficient (Wildman–Crippen LogP) is 0.555. The summed E-state index contributed by atoms with van der Waals surface area (Å²) in [5.74, 6) is 0.434. The Bertz CT molecular complexity index is 491. The van der Waals surface area contributed by atoms with Crippen LogP contribution in [0.2, 0.25) is 0 Å². The molecular formula is C11H22N4O2S. The van der Waals surface area contributed by atoms with Gasteiger partial charge in [0.05, 0.1) is 6.33 Å². The molecule has 1 aromatic heterocycles. The fourth-order valence-corrected chi connectivity index (χ4v) is 2.83. The number of hydrogen-bond donors (Lipinski definition) is 2. The smallest absolute Gasteiger partial charge is 0.260 e.